The molecular weight excluding hydrogens is 338 g/mol. The van der Waals surface area contributed by atoms with Crippen molar-refractivity contribution in [1.29, 1.82) is 0 Å². The van der Waals surface area contributed by atoms with E-state index in [1.807, 2.05) is 68.7 Å². The number of imidazole rings is 1. The Labute approximate surface area is 157 Å². The molecule has 0 aliphatic heterocycles. The summed E-state index contributed by atoms with van der Waals surface area (Å²) >= 11 is 0. The van der Waals surface area contributed by atoms with Crippen LogP contribution >= 0.6 is 0 Å². The second kappa shape index (κ2) is 6.76. The summed E-state index contributed by atoms with van der Waals surface area (Å²) in [4.78, 5) is 17.5. The van der Waals surface area contributed by atoms with Crippen LogP contribution in [-0.4, -0.2) is 20.6 Å². The predicted octanol–water partition coefficient (Wildman–Crippen LogP) is 4.17. The van der Waals surface area contributed by atoms with Gasteiger partial charge in [0, 0.05) is 29.8 Å². The van der Waals surface area contributed by atoms with Gasteiger partial charge in [-0.25, -0.2) is 4.98 Å². The molecule has 0 unspecified atom stereocenters. The van der Waals surface area contributed by atoms with E-state index in [0.717, 1.165) is 28.3 Å². The van der Waals surface area contributed by atoms with Crippen LogP contribution in [0, 0.1) is 13.8 Å². The second-order valence-corrected chi connectivity index (χ2v) is 6.56. The molecule has 0 aliphatic carbocycles. The van der Waals surface area contributed by atoms with Crippen molar-refractivity contribution in [1.82, 2.24) is 14.0 Å². The minimum Gasteiger partial charge on any atom is -0.494 e. The molecule has 0 fully saturated rings. The van der Waals surface area contributed by atoms with Gasteiger partial charge in [-0.1, -0.05) is 6.07 Å². The van der Waals surface area contributed by atoms with Crippen molar-refractivity contribution in [2.45, 2.75) is 20.8 Å². The van der Waals surface area contributed by atoms with Gasteiger partial charge in [0.2, 0.25) is 5.65 Å². The zero-order chi connectivity index (χ0) is 19.0. The number of hydrogen-bond acceptors (Lipinski definition) is 3. The molecule has 2 heterocycles. The van der Waals surface area contributed by atoms with Crippen LogP contribution < -0.4 is 10.3 Å². The Bertz CT molecular complexity index is 1170. The Balaban J connectivity index is 1.78. The van der Waals surface area contributed by atoms with Gasteiger partial charge in [0.05, 0.1) is 12.3 Å². The number of hydrogen-bond donors (Lipinski definition) is 0. The van der Waals surface area contributed by atoms with Crippen molar-refractivity contribution in [2.75, 3.05) is 6.61 Å². The molecule has 136 valence electrons. The van der Waals surface area contributed by atoms with Gasteiger partial charge < -0.3 is 9.14 Å². The Morgan fingerprint density at radius 1 is 1.00 bits per heavy atom. The first-order valence-corrected chi connectivity index (χ1v) is 8.98. The van der Waals surface area contributed by atoms with Gasteiger partial charge >= 0.3 is 0 Å². The van der Waals surface area contributed by atoms with Gasteiger partial charge in [-0.15, -0.1) is 0 Å². The molecule has 0 spiro atoms. The molecule has 4 aromatic rings. The topological polar surface area (TPSA) is 48.5 Å². The van der Waals surface area contributed by atoms with E-state index in [2.05, 4.69) is 11.9 Å². The summed E-state index contributed by atoms with van der Waals surface area (Å²) in [5, 5.41) is 0. The third-order valence-electron chi connectivity index (χ3n) is 4.75. The lowest BCUT2D eigenvalue weighted by molar-refractivity contribution is 0.340. The number of benzene rings is 2. The largest absolute Gasteiger partial charge is 0.494 e. The fourth-order valence-electron chi connectivity index (χ4n) is 3.09. The van der Waals surface area contributed by atoms with Gasteiger partial charge in [0.15, 0.2) is 0 Å². The predicted molar refractivity (Wildman–Crippen MR) is 107 cm³/mol. The summed E-state index contributed by atoms with van der Waals surface area (Å²) in [5.74, 6) is 0.821. The fourth-order valence-corrected chi connectivity index (χ4v) is 3.09. The lowest BCUT2D eigenvalue weighted by Crippen LogP contribution is -2.20. The molecule has 5 heteroatoms. The highest BCUT2D eigenvalue weighted by molar-refractivity contribution is 5.63. The molecule has 0 aliphatic rings. The summed E-state index contributed by atoms with van der Waals surface area (Å²) < 4.78 is 8.88. The van der Waals surface area contributed by atoms with Crippen LogP contribution in [0.15, 0.2) is 65.8 Å². The van der Waals surface area contributed by atoms with E-state index in [-0.39, 0.29) is 5.56 Å². The summed E-state index contributed by atoms with van der Waals surface area (Å²) in [6.45, 7) is 6.69. The summed E-state index contributed by atoms with van der Waals surface area (Å²) in [7, 11) is 0. The maximum atomic E-state index is 13.0. The van der Waals surface area contributed by atoms with Crippen LogP contribution in [0.4, 0.5) is 0 Å². The van der Waals surface area contributed by atoms with Crippen molar-refractivity contribution in [3.05, 3.63) is 82.5 Å². The van der Waals surface area contributed by atoms with Crippen molar-refractivity contribution in [3.8, 4) is 22.7 Å². The van der Waals surface area contributed by atoms with Gasteiger partial charge in [-0.05, 0) is 68.3 Å². The highest BCUT2D eigenvalue weighted by atomic mass is 16.5. The fraction of sp³-hybridized carbons (Fsp3) is 0.182. The van der Waals surface area contributed by atoms with Gasteiger partial charge in [-0.2, -0.15) is 0 Å². The molecule has 2 aromatic heterocycles. The minimum absolute atomic E-state index is 0.141. The molecule has 0 saturated carbocycles. The lowest BCUT2D eigenvalue weighted by Gasteiger charge is -2.08. The van der Waals surface area contributed by atoms with Crippen molar-refractivity contribution in [3.63, 3.8) is 0 Å². The van der Waals surface area contributed by atoms with Gasteiger partial charge in [-0.3, -0.25) is 9.36 Å². The van der Waals surface area contributed by atoms with Crippen LogP contribution in [0.25, 0.3) is 22.6 Å². The number of aromatic nitrogens is 3. The molecule has 0 saturated heterocycles. The van der Waals surface area contributed by atoms with Crippen molar-refractivity contribution >= 4 is 5.65 Å². The van der Waals surface area contributed by atoms with Crippen LogP contribution in [-0.2, 0) is 0 Å². The third-order valence-corrected chi connectivity index (χ3v) is 4.75. The van der Waals surface area contributed by atoms with Crippen LogP contribution in [0.3, 0.4) is 0 Å². The Morgan fingerprint density at radius 3 is 2.48 bits per heavy atom. The van der Waals surface area contributed by atoms with E-state index in [1.165, 1.54) is 5.56 Å². The average Bonchev–Trinajstić information content (AvgIpc) is 3.11. The minimum atomic E-state index is -0.141. The smallest absolute Gasteiger partial charge is 0.298 e. The average molecular weight is 359 g/mol. The van der Waals surface area contributed by atoms with Crippen molar-refractivity contribution < 1.29 is 4.74 Å². The molecule has 5 nitrogen and oxygen atoms in total. The summed E-state index contributed by atoms with van der Waals surface area (Å²) in [6.07, 6.45) is 5.51. The molecule has 0 radical (unpaired) electrons. The number of fused-ring (bicyclic) bond motifs is 1. The Morgan fingerprint density at radius 2 is 1.78 bits per heavy atom. The number of rotatable bonds is 4. The highest BCUT2D eigenvalue weighted by Gasteiger charge is 2.11. The molecule has 2 aromatic carbocycles. The molecule has 27 heavy (non-hydrogen) atoms. The van der Waals surface area contributed by atoms with E-state index in [4.69, 9.17) is 4.74 Å². The highest BCUT2D eigenvalue weighted by Crippen LogP contribution is 2.22. The van der Waals surface area contributed by atoms with Crippen LogP contribution in [0.2, 0.25) is 0 Å². The molecule has 4 rings (SSSR count). The van der Waals surface area contributed by atoms with E-state index in [0.29, 0.717) is 12.3 Å². The zero-order valence-electron chi connectivity index (χ0n) is 15.6. The van der Waals surface area contributed by atoms with E-state index in [1.54, 1.807) is 15.2 Å². The molecule has 0 atom stereocenters. The SMILES string of the molecule is CCOc1ccc(-c2cn3ccn(-c4ccc(C)c(C)c4)c(=O)c3n2)cc1. The van der Waals surface area contributed by atoms with E-state index >= 15 is 0 Å². The van der Waals surface area contributed by atoms with Gasteiger partial charge in [0.25, 0.3) is 5.56 Å². The first-order valence-electron chi connectivity index (χ1n) is 8.98. The van der Waals surface area contributed by atoms with Crippen molar-refractivity contribution in [2.24, 2.45) is 0 Å². The first-order chi connectivity index (χ1) is 13.1. The summed E-state index contributed by atoms with van der Waals surface area (Å²) in [5.41, 5.74) is 5.16. The summed E-state index contributed by atoms with van der Waals surface area (Å²) in [6, 6.07) is 13.7. The van der Waals surface area contributed by atoms with Crippen LogP contribution in [0.5, 0.6) is 5.75 Å². The lowest BCUT2D eigenvalue weighted by atomic mass is 10.1. The quantitative estimate of drug-likeness (QED) is 0.549. The monoisotopic (exact) mass is 359 g/mol. The number of aryl methyl sites for hydroxylation is 2. The maximum absolute atomic E-state index is 13.0. The standard InChI is InChI=1S/C22H21N3O2/c1-4-27-19-9-6-17(7-10-19)20-14-24-11-12-25(22(26)21(24)23-20)18-8-5-15(2)16(3)13-18/h5-14H,4H2,1-3H3. The number of nitrogens with zero attached hydrogens (tertiary/aromatic N) is 3. The van der Waals surface area contributed by atoms with Gasteiger partial charge in [0.1, 0.15) is 5.75 Å². The third kappa shape index (κ3) is 3.12. The normalized spacial score (nSPS) is 11.1. The molecule has 0 bridgehead atoms. The molecule has 0 N–H and O–H groups in total. The molecular formula is C22H21N3O2. The Kier molecular flexibility index (Phi) is 4.28. The van der Waals surface area contributed by atoms with E-state index < -0.39 is 0 Å². The van der Waals surface area contributed by atoms with Crippen LogP contribution in [0.1, 0.15) is 18.1 Å². The Hall–Kier alpha value is -3.34. The maximum Gasteiger partial charge on any atom is 0.298 e. The van der Waals surface area contributed by atoms with E-state index in [9.17, 15) is 4.79 Å². The number of ether oxygens (including phenoxy) is 1. The first kappa shape index (κ1) is 17.1. The second-order valence-electron chi connectivity index (χ2n) is 6.56. The molecule has 0 amide bonds. The zero-order valence-corrected chi connectivity index (χ0v) is 15.6.